The van der Waals surface area contributed by atoms with Gasteiger partial charge in [-0.25, -0.2) is 4.39 Å². The highest BCUT2D eigenvalue weighted by Crippen LogP contribution is 2.76. The van der Waals surface area contributed by atoms with Gasteiger partial charge in [0.2, 0.25) is 0 Å². The fourth-order valence-electron chi connectivity index (χ4n) is 15.7. The molecule has 0 spiro atoms. The number of hydrogen-bond donors (Lipinski definition) is 5. The first kappa shape index (κ1) is 47.2. The minimum absolute atomic E-state index is 0.00811. The predicted molar refractivity (Wildman–Crippen MR) is 251 cm³/mol. The number of ketones is 1. The molecule has 10 nitrogen and oxygen atoms in total. The van der Waals surface area contributed by atoms with Gasteiger partial charge < -0.3 is 5.11 Å². The molecule has 62 heavy (non-hydrogen) atoms. The quantitative estimate of drug-likeness (QED) is 0.136. The highest BCUT2D eigenvalue weighted by Gasteiger charge is 2.70. The summed E-state index contributed by atoms with van der Waals surface area (Å²) in [6.45, 7) is 22.2. The van der Waals surface area contributed by atoms with Crippen LogP contribution in [0.25, 0.3) is 0 Å². The Kier molecular flexibility index (Phi) is 12.6. The van der Waals surface area contributed by atoms with E-state index >= 15 is 0 Å². The van der Waals surface area contributed by atoms with E-state index < -0.39 is 39.2 Å². The molecule has 6 aliphatic carbocycles. The van der Waals surface area contributed by atoms with E-state index in [9.17, 15) is 37.3 Å². The van der Waals surface area contributed by atoms with Gasteiger partial charge in [-0.3, -0.25) is 42.5 Å². The highest BCUT2D eigenvalue weighted by atomic mass is 32.3. The minimum Gasteiger partial charge on any atom is -0.481 e. The predicted octanol–water partition coefficient (Wildman–Crippen LogP) is 9.84. The number of hydrogen-bond acceptors (Lipinski definition) is 9. The Balaban J connectivity index is 1.10. The SMILES string of the molecule is CC(C)C1=C2[C@H]3CC[C@@H]4[C@@]5(C)CC=C(C6=CC[C@](CF)(C(=O)O)CC6)C(C)(C)[C@@H]5CC[C@@]4(C)[C@]3(C)CC[C@@]2(N(CCN2CCS(O)(O)CC2)CCN2CCS(O)(O)CC2)CC1=O. The van der Waals surface area contributed by atoms with Crippen LogP contribution in [0.1, 0.15) is 119 Å². The largest absolute Gasteiger partial charge is 0.481 e. The minimum atomic E-state index is -2.51. The van der Waals surface area contributed by atoms with Gasteiger partial charge in [-0.15, -0.1) is 0 Å². The van der Waals surface area contributed by atoms with Crippen LogP contribution in [0.5, 0.6) is 0 Å². The van der Waals surface area contributed by atoms with Crippen LogP contribution in [-0.2, 0) is 9.59 Å². The van der Waals surface area contributed by atoms with Gasteiger partial charge in [0, 0.05) is 58.8 Å². The maximum Gasteiger partial charge on any atom is 0.312 e. The van der Waals surface area contributed by atoms with Gasteiger partial charge in [0.1, 0.15) is 6.67 Å². The molecule has 3 saturated carbocycles. The van der Waals surface area contributed by atoms with Crippen LogP contribution in [0.15, 0.2) is 34.4 Å². The fourth-order valence-corrected chi connectivity index (χ4v) is 18.3. The van der Waals surface area contributed by atoms with Crippen LogP contribution >= 0.6 is 21.2 Å². The maximum absolute atomic E-state index is 14.7. The maximum atomic E-state index is 14.7. The van der Waals surface area contributed by atoms with E-state index in [2.05, 4.69) is 75.3 Å². The number of aliphatic carboxylic acids is 1. The smallest absolute Gasteiger partial charge is 0.312 e. The van der Waals surface area contributed by atoms with Gasteiger partial charge in [0.05, 0.1) is 34.0 Å². The van der Waals surface area contributed by atoms with Crippen molar-refractivity contribution in [1.82, 2.24) is 14.7 Å². The van der Waals surface area contributed by atoms with E-state index in [-0.39, 0.29) is 39.5 Å². The van der Waals surface area contributed by atoms with Crippen LogP contribution in [0, 0.1) is 50.7 Å². The van der Waals surface area contributed by atoms with E-state index in [0.717, 1.165) is 76.7 Å². The fraction of sp³-hybridized carbons (Fsp3) is 0.837. The van der Waals surface area contributed by atoms with Crippen LogP contribution in [0.3, 0.4) is 0 Å². The van der Waals surface area contributed by atoms with Crippen molar-refractivity contribution in [1.29, 1.82) is 0 Å². The average Bonchev–Trinajstić information content (AvgIpc) is 3.52. The van der Waals surface area contributed by atoms with Crippen LogP contribution < -0.4 is 0 Å². The Labute approximate surface area is 375 Å². The Bertz CT molecular complexity index is 1830. The van der Waals surface area contributed by atoms with Gasteiger partial charge in [-0.2, -0.15) is 21.2 Å². The molecule has 0 aromatic heterocycles. The third kappa shape index (κ3) is 7.67. The van der Waals surface area contributed by atoms with Gasteiger partial charge in [-0.1, -0.05) is 60.6 Å². The lowest BCUT2D eigenvalue weighted by molar-refractivity contribution is -0.200. The molecule has 2 heterocycles. The van der Waals surface area contributed by atoms with Gasteiger partial charge in [0.15, 0.2) is 5.78 Å². The van der Waals surface area contributed by atoms with Crippen molar-refractivity contribution in [3.63, 3.8) is 0 Å². The standard InChI is InChI=1S/C49H80FN3O7S2/c1-34(2)41-38(54)32-49(53(22-20-51-24-28-61(57,58)29-25-51)23-21-52-26-30-62(59,60)31-27-52)19-18-46(6)37(42(41)49)8-9-40-45(5)14-12-36(44(3,4)39(45)13-15-47(40,46)7)35-10-16-48(33-50,17-11-35)43(55)56/h10,12,34,37,39-40,57-60H,8-9,11,13-33H2,1-7H3,(H,55,56)/t37-,39+,40-,45+,46-,47-,48+,49-/m1/s1. The molecule has 5 fully saturated rings. The van der Waals surface area contributed by atoms with Crippen LogP contribution in [0.4, 0.5) is 4.39 Å². The molecule has 8 rings (SSSR count). The number of halogens is 1. The Morgan fingerprint density at radius 3 is 1.92 bits per heavy atom. The molecule has 0 bridgehead atoms. The number of allylic oxidation sites excluding steroid dienone is 5. The van der Waals surface area contributed by atoms with Crippen molar-refractivity contribution in [2.24, 2.45) is 50.7 Å². The van der Waals surface area contributed by atoms with E-state index in [1.54, 1.807) is 0 Å². The molecule has 0 amide bonds. The lowest BCUT2D eigenvalue weighted by atomic mass is 9.33. The van der Waals surface area contributed by atoms with Crippen LogP contribution in [0.2, 0.25) is 0 Å². The summed E-state index contributed by atoms with van der Waals surface area (Å²) in [6.07, 6.45) is 13.8. The van der Waals surface area contributed by atoms with Gasteiger partial charge in [-0.05, 0) is 132 Å². The molecule has 0 aromatic rings. The highest BCUT2D eigenvalue weighted by molar-refractivity contribution is 8.24. The van der Waals surface area contributed by atoms with E-state index in [0.29, 0.717) is 92.0 Å². The number of rotatable bonds is 11. The number of carboxylic acids is 1. The zero-order valence-electron chi connectivity index (χ0n) is 39.0. The molecule has 352 valence electrons. The second kappa shape index (κ2) is 16.5. The third-order valence-electron chi connectivity index (χ3n) is 19.6. The molecule has 8 aliphatic rings. The second-order valence-corrected chi connectivity index (χ2v) is 27.9. The Morgan fingerprint density at radius 2 is 1.40 bits per heavy atom. The molecule has 0 radical (unpaired) electrons. The van der Waals surface area contributed by atoms with Crippen molar-refractivity contribution in [2.45, 2.75) is 125 Å². The van der Waals surface area contributed by atoms with Crippen LogP contribution in [-0.4, -0.2) is 137 Å². The molecule has 0 unspecified atom stereocenters. The first-order valence-corrected chi connectivity index (χ1v) is 27.9. The molecule has 13 heteroatoms. The summed E-state index contributed by atoms with van der Waals surface area (Å²) in [5.41, 5.74) is 3.52. The lowest BCUT2D eigenvalue weighted by Crippen LogP contribution is -2.66. The molecular weight excluding hydrogens is 826 g/mol. The van der Waals surface area contributed by atoms with E-state index in [1.165, 1.54) is 16.7 Å². The first-order valence-electron chi connectivity index (χ1n) is 24.1. The van der Waals surface area contributed by atoms with Crippen molar-refractivity contribution < 1.29 is 37.3 Å². The number of carbonyl (C=O) groups is 2. The molecular formula is C49H80FN3O7S2. The lowest BCUT2D eigenvalue weighted by Gasteiger charge is -2.72. The summed E-state index contributed by atoms with van der Waals surface area (Å²) in [5, 5.41) is 9.90. The number of fused-ring (bicyclic) bond motifs is 7. The van der Waals surface area contributed by atoms with Crippen molar-refractivity contribution >= 4 is 32.9 Å². The van der Waals surface area contributed by atoms with Crippen molar-refractivity contribution in [2.75, 3.05) is 82.0 Å². The molecule has 0 aromatic carbocycles. The van der Waals surface area contributed by atoms with E-state index in [1.807, 2.05) is 0 Å². The Morgan fingerprint density at radius 1 is 0.806 bits per heavy atom. The first-order chi connectivity index (χ1) is 29.0. The van der Waals surface area contributed by atoms with Crippen molar-refractivity contribution in [3.05, 3.63) is 34.4 Å². The number of nitrogens with zero attached hydrogens (tertiary/aromatic N) is 3. The normalized spacial score (nSPS) is 41.7. The van der Waals surface area contributed by atoms with Gasteiger partial charge in [0.25, 0.3) is 0 Å². The monoisotopic (exact) mass is 906 g/mol. The van der Waals surface area contributed by atoms with E-state index in [4.69, 9.17) is 0 Å². The summed E-state index contributed by atoms with van der Waals surface area (Å²) in [7, 11) is -5.01. The summed E-state index contributed by atoms with van der Waals surface area (Å²) in [5.74, 6) is 2.37. The zero-order valence-corrected chi connectivity index (χ0v) is 40.7. The number of alkyl halides is 1. The Hall–Kier alpha value is -1.29. The number of Topliss-reactive ketones (excluding diaryl/α,β-unsaturated/α-hetero) is 1. The van der Waals surface area contributed by atoms with Crippen molar-refractivity contribution in [3.8, 4) is 0 Å². The molecule has 2 saturated heterocycles. The zero-order chi connectivity index (χ0) is 44.9. The summed E-state index contributed by atoms with van der Waals surface area (Å²) >= 11 is 0. The summed E-state index contributed by atoms with van der Waals surface area (Å²) in [6, 6.07) is 0. The topological polar surface area (TPSA) is 145 Å². The second-order valence-electron chi connectivity index (χ2n) is 23.0. The summed E-state index contributed by atoms with van der Waals surface area (Å²) < 4.78 is 55.7. The molecule has 5 N–H and O–H groups in total. The van der Waals surface area contributed by atoms with Gasteiger partial charge >= 0.3 is 5.97 Å². The number of carbonyl (C=O) groups excluding carboxylic acids is 1. The number of carboxylic acid groups (broad SMARTS) is 1. The third-order valence-corrected chi connectivity index (χ3v) is 22.9. The molecule has 2 aliphatic heterocycles. The summed E-state index contributed by atoms with van der Waals surface area (Å²) in [4.78, 5) is 34.2. The molecule has 8 atom stereocenters. The average molecular weight is 906 g/mol.